The highest BCUT2D eigenvalue weighted by Crippen LogP contribution is 2.24. The molecule has 1 atom stereocenters. The molecule has 6 nitrogen and oxygen atoms in total. The van der Waals surface area contributed by atoms with E-state index in [-0.39, 0.29) is 6.04 Å². The van der Waals surface area contributed by atoms with Crippen LogP contribution in [0.2, 0.25) is 0 Å². The number of aliphatic imine (C=N–C) groups is 1. The number of guanidine groups is 1. The molecular weight excluding hydrogens is 314 g/mol. The second-order valence-electron chi connectivity index (χ2n) is 5.73. The van der Waals surface area contributed by atoms with Gasteiger partial charge >= 0.3 is 0 Å². The molecule has 0 saturated heterocycles. The Morgan fingerprint density at radius 3 is 2.80 bits per heavy atom. The summed E-state index contributed by atoms with van der Waals surface area (Å²) < 4.78 is 7.44. The van der Waals surface area contributed by atoms with Gasteiger partial charge in [0.25, 0.3) is 0 Å². The Morgan fingerprint density at radius 1 is 1.24 bits per heavy atom. The van der Waals surface area contributed by atoms with Crippen LogP contribution >= 0.6 is 0 Å². The van der Waals surface area contributed by atoms with Crippen LogP contribution in [0.3, 0.4) is 0 Å². The van der Waals surface area contributed by atoms with Crippen molar-refractivity contribution in [3.8, 4) is 5.75 Å². The topological polar surface area (TPSA) is 63.0 Å². The molecule has 0 aliphatic rings. The highest BCUT2D eigenvalue weighted by molar-refractivity contribution is 5.80. The maximum absolute atomic E-state index is 5.43. The normalized spacial score (nSPS) is 12.8. The fourth-order valence-electron chi connectivity index (χ4n) is 2.75. The van der Waals surface area contributed by atoms with Crippen LogP contribution < -0.4 is 15.4 Å². The zero-order valence-electron chi connectivity index (χ0n) is 14.7. The van der Waals surface area contributed by atoms with Crippen molar-refractivity contribution in [2.45, 2.75) is 19.5 Å². The Bertz CT molecular complexity index is 838. The summed E-state index contributed by atoms with van der Waals surface area (Å²) in [6.45, 7) is 2.68. The Labute approximate surface area is 147 Å². The Morgan fingerprint density at radius 2 is 2.04 bits per heavy atom. The third-order valence-corrected chi connectivity index (χ3v) is 4.03. The molecule has 1 aromatic carbocycles. The van der Waals surface area contributed by atoms with Gasteiger partial charge in [-0.2, -0.15) is 0 Å². The molecular formula is C19H23N5O. The van der Waals surface area contributed by atoms with E-state index in [9.17, 15) is 0 Å². The number of pyridine rings is 1. The lowest BCUT2D eigenvalue weighted by atomic mass is 10.1. The lowest BCUT2D eigenvalue weighted by Crippen LogP contribution is -2.38. The zero-order chi connectivity index (χ0) is 17.6. The smallest absolute Gasteiger partial charge is 0.191 e. The summed E-state index contributed by atoms with van der Waals surface area (Å²) in [6, 6.07) is 14.0. The van der Waals surface area contributed by atoms with E-state index in [1.165, 1.54) is 0 Å². The SMILES string of the molecule is CN=C(NCc1cn2ccccc2n1)NC(C)c1ccccc1OC. The lowest BCUT2D eigenvalue weighted by molar-refractivity contribution is 0.405. The maximum Gasteiger partial charge on any atom is 0.191 e. The number of nitrogens with one attached hydrogen (secondary N) is 2. The van der Waals surface area contributed by atoms with Gasteiger partial charge in [-0.3, -0.25) is 4.99 Å². The number of para-hydroxylation sites is 1. The lowest BCUT2D eigenvalue weighted by Gasteiger charge is -2.19. The molecule has 0 saturated carbocycles. The second kappa shape index (κ2) is 7.70. The summed E-state index contributed by atoms with van der Waals surface area (Å²) in [5.74, 6) is 1.58. The first kappa shape index (κ1) is 16.8. The van der Waals surface area contributed by atoms with Crippen LogP contribution in [0.5, 0.6) is 5.75 Å². The molecule has 3 rings (SSSR count). The minimum atomic E-state index is 0.0587. The van der Waals surface area contributed by atoms with Gasteiger partial charge < -0.3 is 19.8 Å². The maximum atomic E-state index is 5.43. The summed E-state index contributed by atoms with van der Waals surface area (Å²) in [5.41, 5.74) is 2.98. The molecule has 130 valence electrons. The Kier molecular flexibility index (Phi) is 5.18. The number of ether oxygens (including phenoxy) is 1. The first-order chi connectivity index (χ1) is 12.2. The van der Waals surface area contributed by atoms with Crippen LogP contribution in [0.4, 0.5) is 0 Å². The van der Waals surface area contributed by atoms with Crippen molar-refractivity contribution in [1.82, 2.24) is 20.0 Å². The number of benzene rings is 1. The molecule has 3 aromatic rings. The summed E-state index contributed by atoms with van der Waals surface area (Å²) in [4.78, 5) is 8.88. The number of hydrogen-bond acceptors (Lipinski definition) is 3. The molecule has 0 radical (unpaired) electrons. The molecule has 0 aliphatic carbocycles. The summed E-state index contributed by atoms with van der Waals surface area (Å²) in [6.07, 6.45) is 4.00. The first-order valence-corrected chi connectivity index (χ1v) is 8.24. The fraction of sp³-hybridized carbons (Fsp3) is 0.263. The second-order valence-corrected chi connectivity index (χ2v) is 5.73. The molecule has 0 amide bonds. The predicted octanol–water partition coefficient (Wildman–Crippen LogP) is 2.77. The van der Waals surface area contributed by atoms with Gasteiger partial charge in [-0.25, -0.2) is 4.98 Å². The minimum Gasteiger partial charge on any atom is -0.496 e. The third kappa shape index (κ3) is 3.91. The van der Waals surface area contributed by atoms with Crippen LogP contribution in [0, 0.1) is 0 Å². The van der Waals surface area contributed by atoms with Crippen molar-refractivity contribution in [1.29, 1.82) is 0 Å². The van der Waals surface area contributed by atoms with Crippen molar-refractivity contribution in [2.75, 3.05) is 14.2 Å². The van der Waals surface area contributed by atoms with Crippen molar-refractivity contribution < 1.29 is 4.74 Å². The minimum absolute atomic E-state index is 0.0587. The monoisotopic (exact) mass is 337 g/mol. The molecule has 6 heteroatoms. The molecule has 1 unspecified atom stereocenters. The number of imidazole rings is 1. The quantitative estimate of drug-likeness (QED) is 0.555. The number of aromatic nitrogens is 2. The van der Waals surface area contributed by atoms with Crippen LogP contribution in [-0.4, -0.2) is 29.5 Å². The van der Waals surface area contributed by atoms with E-state index in [1.54, 1.807) is 14.2 Å². The largest absolute Gasteiger partial charge is 0.496 e. The highest BCUT2D eigenvalue weighted by atomic mass is 16.5. The van der Waals surface area contributed by atoms with Gasteiger partial charge in [0.05, 0.1) is 25.4 Å². The number of fused-ring (bicyclic) bond motifs is 1. The highest BCUT2D eigenvalue weighted by Gasteiger charge is 2.12. The molecule has 2 heterocycles. The van der Waals surface area contributed by atoms with E-state index in [4.69, 9.17) is 4.74 Å². The average molecular weight is 337 g/mol. The van der Waals surface area contributed by atoms with Gasteiger partial charge in [-0.1, -0.05) is 24.3 Å². The zero-order valence-corrected chi connectivity index (χ0v) is 14.7. The standard InChI is InChI=1S/C19H23N5O/c1-14(16-8-4-5-9-17(16)25-3)22-19(20-2)21-12-15-13-24-11-7-6-10-18(24)23-15/h4-11,13-14H,12H2,1-3H3,(H2,20,21,22). The molecule has 0 bridgehead atoms. The Hall–Kier alpha value is -3.02. The molecule has 2 N–H and O–H groups in total. The van der Waals surface area contributed by atoms with Crippen LogP contribution in [-0.2, 0) is 6.54 Å². The van der Waals surface area contributed by atoms with E-state index in [1.807, 2.05) is 59.3 Å². The van der Waals surface area contributed by atoms with Crippen molar-refractivity contribution in [3.05, 3.63) is 66.1 Å². The molecule has 2 aromatic heterocycles. The molecule has 25 heavy (non-hydrogen) atoms. The molecule has 0 aliphatic heterocycles. The van der Waals surface area contributed by atoms with Crippen molar-refractivity contribution >= 4 is 11.6 Å². The first-order valence-electron chi connectivity index (χ1n) is 8.24. The van der Waals surface area contributed by atoms with Gasteiger partial charge in [0.15, 0.2) is 5.96 Å². The molecule has 0 fully saturated rings. The van der Waals surface area contributed by atoms with E-state index >= 15 is 0 Å². The van der Waals surface area contributed by atoms with E-state index < -0.39 is 0 Å². The van der Waals surface area contributed by atoms with E-state index in [0.29, 0.717) is 6.54 Å². The van der Waals surface area contributed by atoms with Crippen molar-refractivity contribution in [2.24, 2.45) is 4.99 Å². The molecule has 0 spiro atoms. The van der Waals surface area contributed by atoms with Crippen LogP contribution in [0.1, 0.15) is 24.2 Å². The number of rotatable bonds is 5. The van der Waals surface area contributed by atoms with Gasteiger partial charge in [-0.15, -0.1) is 0 Å². The van der Waals surface area contributed by atoms with Crippen LogP contribution in [0.25, 0.3) is 5.65 Å². The predicted molar refractivity (Wildman–Crippen MR) is 99.9 cm³/mol. The van der Waals surface area contributed by atoms with Gasteiger partial charge in [0.1, 0.15) is 11.4 Å². The third-order valence-electron chi connectivity index (χ3n) is 4.03. The Balaban J connectivity index is 1.64. The average Bonchev–Trinajstić information content (AvgIpc) is 3.07. The van der Waals surface area contributed by atoms with Gasteiger partial charge in [0, 0.05) is 25.0 Å². The summed E-state index contributed by atoms with van der Waals surface area (Å²) in [5, 5.41) is 6.69. The van der Waals surface area contributed by atoms with Gasteiger partial charge in [-0.05, 0) is 25.1 Å². The van der Waals surface area contributed by atoms with Crippen molar-refractivity contribution in [3.63, 3.8) is 0 Å². The number of nitrogens with zero attached hydrogens (tertiary/aromatic N) is 3. The summed E-state index contributed by atoms with van der Waals surface area (Å²) in [7, 11) is 3.44. The van der Waals surface area contributed by atoms with E-state index in [2.05, 4.69) is 27.5 Å². The summed E-state index contributed by atoms with van der Waals surface area (Å²) >= 11 is 0. The van der Waals surface area contributed by atoms with Gasteiger partial charge in [0.2, 0.25) is 0 Å². The van der Waals surface area contributed by atoms with E-state index in [0.717, 1.165) is 28.6 Å². The van der Waals surface area contributed by atoms with Crippen LogP contribution in [0.15, 0.2) is 59.9 Å². The fourth-order valence-corrected chi connectivity index (χ4v) is 2.75. The number of methoxy groups -OCH3 is 1. The number of hydrogen-bond donors (Lipinski definition) is 2.